The van der Waals surface area contributed by atoms with Crippen LogP contribution >= 0.6 is 0 Å². The van der Waals surface area contributed by atoms with E-state index in [4.69, 9.17) is 0 Å². The second-order valence-corrected chi connectivity index (χ2v) is 2.53. The molecule has 1 atom stereocenters. The number of rotatable bonds is 2. The van der Waals surface area contributed by atoms with Crippen molar-refractivity contribution in [1.29, 1.82) is 0 Å². The van der Waals surface area contributed by atoms with Crippen LogP contribution in [0.5, 0.6) is 0 Å². The van der Waals surface area contributed by atoms with E-state index in [2.05, 4.69) is 11.4 Å². The van der Waals surface area contributed by atoms with Crippen LogP contribution in [-0.4, -0.2) is 13.6 Å². The van der Waals surface area contributed by atoms with Gasteiger partial charge in [-0.05, 0) is 13.5 Å². The van der Waals surface area contributed by atoms with E-state index in [1.54, 1.807) is 5.57 Å². The van der Waals surface area contributed by atoms with Gasteiger partial charge >= 0.3 is 0 Å². The van der Waals surface area contributed by atoms with E-state index in [1.807, 2.05) is 7.05 Å². The fraction of sp³-hybridized carbons (Fsp3) is 0.667. The zero-order chi connectivity index (χ0) is 4.91. The highest BCUT2D eigenvalue weighted by atomic mass is 14.9. The van der Waals surface area contributed by atoms with Gasteiger partial charge in [0.2, 0.25) is 0 Å². The number of nitrogens with one attached hydrogen (secondary N) is 1. The van der Waals surface area contributed by atoms with Crippen LogP contribution in [0.3, 0.4) is 0 Å². The van der Waals surface area contributed by atoms with Gasteiger partial charge in [-0.2, -0.15) is 0 Å². The predicted molar refractivity (Wildman–Crippen MR) is 29.1 cm³/mol. The van der Waals surface area contributed by atoms with Gasteiger partial charge in [0, 0.05) is 12.0 Å². The summed E-state index contributed by atoms with van der Waals surface area (Å²) in [6.45, 7) is 1.18. The molecular weight excluding hydrogens is 86.1 g/mol. The maximum Gasteiger partial charge on any atom is 0.0257 e. The molecule has 1 unspecified atom stereocenters. The van der Waals surface area contributed by atoms with Gasteiger partial charge in [0.15, 0.2) is 0 Å². The van der Waals surface area contributed by atoms with Crippen LogP contribution in [-0.2, 0) is 0 Å². The summed E-state index contributed by atoms with van der Waals surface area (Å²) in [5.74, 6) is 0. The molecule has 1 N–H and O–H groups in total. The molecule has 0 spiro atoms. The highest BCUT2D eigenvalue weighted by molar-refractivity contribution is 5.56. The molecule has 0 aliphatic heterocycles. The highest BCUT2D eigenvalue weighted by Crippen LogP contribution is 2.66. The Morgan fingerprint density at radius 1 is 2.00 bits per heavy atom. The van der Waals surface area contributed by atoms with Gasteiger partial charge in [-0.15, -0.1) is 0 Å². The average Bonchev–Trinajstić information content (AvgIpc) is 2.22. The maximum atomic E-state index is 3.16. The van der Waals surface area contributed by atoms with Crippen molar-refractivity contribution in [2.24, 2.45) is 5.41 Å². The first-order valence-corrected chi connectivity index (χ1v) is 2.74. The van der Waals surface area contributed by atoms with Crippen LogP contribution in [0.25, 0.3) is 0 Å². The van der Waals surface area contributed by atoms with Crippen molar-refractivity contribution < 1.29 is 0 Å². The summed E-state index contributed by atoms with van der Waals surface area (Å²) in [6, 6.07) is 0. The van der Waals surface area contributed by atoms with E-state index < -0.39 is 0 Å². The van der Waals surface area contributed by atoms with E-state index in [-0.39, 0.29) is 0 Å². The monoisotopic (exact) mass is 95.1 g/mol. The quantitative estimate of drug-likeness (QED) is 0.493. The van der Waals surface area contributed by atoms with Crippen molar-refractivity contribution in [2.45, 2.75) is 6.42 Å². The molecule has 7 heavy (non-hydrogen) atoms. The fourth-order valence-corrected chi connectivity index (χ4v) is 1.11. The Balaban J connectivity index is 1.91. The molecule has 2 aliphatic carbocycles. The first kappa shape index (κ1) is 3.67. The molecule has 0 heterocycles. The first-order chi connectivity index (χ1) is 3.37. The van der Waals surface area contributed by atoms with Gasteiger partial charge in [-0.1, -0.05) is 11.6 Å². The van der Waals surface area contributed by atoms with E-state index in [9.17, 15) is 0 Å². The van der Waals surface area contributed by atoms with Gasteiger partial charge in [0.05, 0.1) is 0 Å². The van der Waals surface area contributed by atoms with Crippen LogP contribution < -0.4 is 5.32 Å². The molecule has 0 radical (unpaired) electrons. The number of fused-ring (bicyclic) bond motifs is 1. The number of hydrogen-bond acceptors (Lipinski definition) is 1. The SMILES string of the molecule is CNCC12C=C1C2. The summed E-state index contributed by atoms with van der Waals surface area (Å²) in [4.78, 5) is 0. The Morgan fingerprint density at radius 3 is 2.71 bits per heavy atom. The van der Waals surface area contributed by atoms with Crippen molar-refractivity contribution in [3.8, 4) is 0 Å². The Morgan fingerprint density at radius 2 is 2.57 bits per heavy atom. The molecule has 0 saturated heterocycles. The Hall–Kier alpha value is -0.300. The van der Waals surface area contributed by atoms with Crippen molar-refractivity contribution in [3.05, 3.63) is 11.6 Å². The molecule has 1 saturated carbocycles. The van der Waals surface area contributed by atoms with E-state index in [0.717, 1.165) is 0 Å². The van der Waals surface area contributed by atoms with Crippen molar-refractivity contribution >= 4 is 0 Å². The van der Waals surface area contributed by atoms with Crippen LogP contribution in [0, 0.1) is 5.41 Å². The lowest BCUT2D eigenvalue weighted by atomic mass is 10.2. The Bertz CT molecular complexity index is 137. The highest BCUT2D eigenvalue weighted by Gasteiger charge is 2.58. The van der Waals surface area contributed by atoms with Crippen molar-refractivity contribution in [2.75, 3.05) is 13.6 Å². The molecule has 1 nitrogen and oxygen atoms in total. The predicted octanol–water partition coefficient (Wildman–Crippen LogP) is 0.536. The lowest BCUT2D eigenvalue weighted by Crippen LogP contribution is -2.13. The first-order valence-electron chi connectivity index (χ1n) is 2.74. The second-order valence-electron chi connectivity index (χ2n) is 2.53. The normalized spacial score (nSPS) is 42.1. The zero-order valence-electron chi connectivity index (χ0n) is 4.49. The standard InChI is InChI=1S/C6H9N/c1-7-4-6-2-5(6)3-6/h2,7H,3-4H2,1H3. The topological polar surface area (TPSA) is 12.0 Å². The van der Waals surface area contributed by atoms with Crippen molar-refractivity contribution in [1.82, 2.24) is 5.32 Å². The molecule has 1 fully saturated rings. The minimum atomic E-state index is 0.648. The minimum Gasteiger partial charge on any atom is -0.319 e. The summed E-state index contributed by atoms with van der Waals surface area (Å²) in [5.41, 5.74) is 2.33. The maximum absolute atomic E-state index is 3.16. The second kappa shape index (κ2) is 0.781. The van der Waals surface area contributed by atoms with E-state index in [0.29, 0.717) is 5.41 Å². The molecule has 0 amide bonds. The van der Waals surface area contributed by atoms with Gasteiger partial charge in [-0.25, -0.2) is 0 Å². The van der Waals surface area contributed by atoms with E-state index >= 15 is 0 Å². The molecular formula is C6H9N. The average molecular weight is 95.1 g/mol. The largest absolute Gasteiger partial charge is 0.319 e. The summed E-state index contributed by atoms with van der Waals surface area (Å²) in [7, 11) is 2.01. The molecule has 2 rings (SSSR count). The van der Waals surface area contributed by atoms with Gasteiger partial charge in [0.1, 0.15) is 0 Å². The number of hydrogen-bond donors (Lipinski definition) is 1. The van der Waals surface area contributed by atoms with Gasteiger partial charge in [-0.3, -0.25) is 0 Å². The van der Waals surface area contributed by atoms with Crippen LogP contribution in [0.2, 0.25) is 0 Å². The van der Waals surface area contributed by atoms with Crippen LogP contribution in [0.4, 0.5) is 0 Å². The lowest BCUT2D eigenvalue weighted by molar-refractivity contribution is 0.652. The summed E-state index contributed by atoms with van der Waals surface area (Å²) >= 11 is 0. The van der Waals surface area contributed by atoms with Gasteiger partial charge < -0.3 is 5.32 Å². The van der Waals surface area contributed by atoms with Crippen molar-refractivity contribution in [3.63, 3.8) is 0 Å². The Kier molecular flexibility index (Phi) is 0.409. The smallest absolute Gasteiger partial charge is 0.0257 e. The fourth-order valence-electron chi connectivity index (χ4n) is 1.11. The third-order valence-corrected chi connectivity index (χ3v) is 1.88. The lowest BCUT2D eigenvalue weighted by Gasteiger charge is -1.96. The molecule has 1 heteroatoms. The summed E-state index contributed by atoms with van der Waals surface area (Å²) in [5, 5.41) is 3.16. The molecule has 0 aromatic heterocycles. The molecule has 0 bridgehead atoms. The van der Waals surface area contributed by atoms with Crippen LogP contribution in [0.15, 0.2) is 11.6 Å². The van der Waals surface area contributed by atoms with E-state index in [1.165, 1.54) is 13.0 Å². The molecule has 0 aromatic rings. The summed E-state index contributed by atoms with van der Waals surface area (Å²) < 4.78 is 0. The van der Waals surface area contributed by atoms with Gasteiger partial charge in [0.25, 0.3) is 0 Å². The van der Waals surface area contributed by atoms with Crippen LogP contribution in [0.1, 0.15) is 6.42 Å². The molecule has 38 valence electrons. The molecule has 2 aliphatic rings. The summed E-state index contributed by atoms with van der Waals surface area (Å²) in [6.07, 6.45) is 3.73. The third-order valence-electron chi connectivity index (χ3n) is 1.88. The minimum absolute atomic E-state index is 0.648. The third kappa shape index (κ3) is 0.317. The molecule has 0 aromatic carbocycles. The zero-order valence-corrected chi connectivity index (χ0v) is 4.49. The Labute approximate surface area is 43.4 Å².